The smallest absolute Gasteiger partial charge is 0.254 e. The minimum absolute atomic E-state index is 0.116. The standard InChI is InChI=1S/C9H10N2O.C2H6/c1-6-3-10-4-7-5-11(2)9(12)8(6)7;1-2/h3-4H,5H2,1-2H3;1-2H3. The van der Waals surface area contributed by atoms with Crippen LogP contribution in [0.15, 0.2) is 12.4 Å². The van der Waals surface area contributed by atoms with Crippen LogP contribution in [0.2, 0.25) is 0 Å². The third-order valence-electron chi connectivity index (χ3n) is 2.18. The number of hydrogen-bond acceptors (Lipinski definition) is 2. The minimum atomic E-state index is 0.116. The molecule has 0 aliphatic carbocycles. The van der Waals surface area contributed by atoms with E-state index in [1.54, 1.807) is 17.3 Å². The molecule has 1 aliphatic rings. The normalized spacial score (nSPS) is 13.4. The van der Waals surface area contributed by atoms with Gasteiger partial charge in [-0.1, -0.05) is 13.8 Å². The van der Waals surface area contributed by atoms with Crippen LogP contribution in [-0.4, -0.2) is 22.8 Å². The maximum absolute atomic E-state index is 11.5. The number of aryl methyl sites for hydroxylation is 1. The van der Waals surface area contributed by atoms with Gasteiger partial charge in [-0.25, -0.2) is 0 Å². The zero-order valence-electron chi connectivity index (χ0n) is 9.16. The molecule has 1 aromatic rings. The molecule has 0 radical (unpaired) electrons. The summed E-state index contributed by atoms with van der Waals surface area (Å²) >= 11 is 0. The number of nitrogens with zero attached hydrogens (tertiary/aromatic N) is 2. The Bertz CT molecular complexity index is 347. The maximum atomic E-state index is 11.5. The predicted molar refractivity (Wildman–Crippen MR) is 56.1 cm³/mol. The van der Waals surface area contributed by atoms with Gasteiger partial charge in [-0.3, -0.25) is 9.78 Å². The van der Waals surface area contributed by atoms with Gasteiger partial charge in [-0.15, -0.1) is 0 Å². The van der Waals surface area contributed by atoms with Crippen molar-refractivity contribution in [1.29, 1.82) is 0 Å². The van der Waals surface area contributed by atoms with Crippen molar-refractivity contribution < 1.29 is 4.79 Å². The lowest BCUT2D eigenvalue weighted by Crippen LogP contribution is -2.17. The van der Waals surface area contributed by atoms with Crippen molar-refractivity contribution in [2.75, 3.05) is 7.05 Å². The van der Waals surface area contributed by atoms with Crippen LogP contribution in [0.4, 0.5) is 0 Å². The second-order valence-electron chi connectivity index (χ2n) is 3.15. The van der Waals surface area contributed by atoms with Gasteiger partial charge in [-0.2, -0.15) is 0 Å². The van der Waals surface area contributed by atoms with Crippen LogP contribution in [-0.2, 0) is 6.54 Å². The predicted octanol–water partition coefficient (Wildman–Crippen LogP) is 2.00. The van der Waals surface area contributed by atoms with Crippen LogP contribution >= 0.6 is 0 Å². The second kappa shape index (κ2) is 4.22. The van der Waals surface area contributed by atoms with E-state index in [9.17, 15) is 4.79 Å². The van der Waals surface area contributed by atoms with Gasteiger partial charge in [0.1, 0.15) is 0 Å². The summed E-state index contributed by atoms with van der Waals surface area (Å²) in [5.74, 6) is 0.116. The van der Waals surface area contributed by atoms with Crippen LogP contribution in [0.5, 0.6) is 0 Å². The maximum Gasteiger partial charge on any atom is 0.254 e. The van der Waals surface area contributed by atoms with Gasteiger partial charge in [0.25, 0.3) is 5.91 Å². The highest BCUT2D eigenvalue weighted by Gasteiger charge is 2.25. The first-order valence-electron chi connectivity index (χ1n) is 4.89. The molecule has 0 bridgehead atoms. The SMILES string of the molecule is CC.Cc1cncc2c1C(=O)N(C)C2. The lowest BCUT2D eigenvalue weighted by atomic mass is 10.1. The van der Waals surface area contributed by atoms with Gasteiger partial charge in [0.15, 0.2) is 0 Å². The summed E-state index contributed by atoms with van der Waals surface area (Å²) in [6.07, 6.45) is 3.50. The molecule has 0 atom stereocenters. The van der Waals surface area contributed by atoms with Crippen molar-refractivity contribution in [1.82, 2.24) is 9.88 Å². The number of pyridine rings is 1. The van der Waals surface area contributed by atoms with Crippen LogP contribution in [0.25, 0.3) is 0 Å². The Morgan fingerprint density at radius 3 is 2.57 bits per heavy atom. The fourth-order valence-electron chi connectivity index (χ4n) is 1.57. The summed E-state index contributed by atoms with van der Waals surface area (Å²) in [6, 6.07) is 0. The van der Waals surface area contributed by atoms with Gasteiger partial charge in [0.05, 0.1) is 5.56 Å². The first kappa shape index (κ1) is 10.7. The highest BCUT2D eigenvalue weighted by Crippen LogP contribution is 2.22. The van der Waals surface area contributed by atoms with Crippen molar-refractivity contribution >= 4 is 5.91 Å². The molecule has 0 saturated carbocycles. The summed E-state index contributed by atoms with van der Waals surface area (Å²) in [5, 5.41) is 0. The molecule has 3 heteroatoms. The Balaban J connectivity index is 0.000000461. The zero-order valence-corrected chi connectivity index (χ0v) is 9.16. The fraction of sp³-hybridized carbons (Fsp3) is 0.455. The molecule has 0 aromatic carbocycles. The van der Waals surface area contributed by atoms with Crippen LogP contribution in [0.1, 0.15) is 35.3 Å². The molecule has 0 N–H and O–H groups in total. The van der Waals surface area contributed by atoms with E-state index in [1.165, 1.54) is 0 Å². The molecule has 0 spiro atoms. The lowest BCUT2D eigenvalue weighted by molar-refractivity contribution is 0.0816. The molecule has 1 aliphatic heterocycles. The Hall–Kier alpha value is -1.38. The van der Waals surface area contributed by atoms with E-state index in [-0.39, 0.29) is 5.91 Å². The summed E-state index contributed by atoms with van der Waals surface area (Å²) in [4.78, 5) is 17.3. The van der Waals surface area contributed by atoms with E-state index in [2.05, 4.69) is 4.98 Å². The third-order valence-corrected chi connectivity index (χ3v) is 2.18. The first-order chi connectivity index (χ1) is 6.70. The van der Waals surface area contributed by atoms with Crippen molar-refractivity contribution in [3.63, 3.8) is 0 Å². The summed E-state index contributed by atoms with van der Waals surface area (Å²) in [6.45, 7) is 6.62. The van der Waals surface area contributed by atoms with Gasteiger partial charge < -0.3 is 4.90 Å². The summed E-state index contributed by atoms with van der Waals surface area (Å²) in [5.41, 5.74) is 2.86. The van der Waals surface area contributed by atoms with Gasteiger partial charge in [0, 0.05) is 31.5 Å². The van der Waals surface area contributed by atoms with Gasteiger partial charge in [-0.05, 0) is 12.5 Å². The molecule has 76 valence electrons. The van der Waals surface area contributed by atoms with E-state index in [1.807, 2.05) is 27.8 Å². The topological polar surface area (TPSA) is 33.2 Å². The zero-order chi connectivity index (χ0) is 10.7. The van der Waals surface area contributed by atoms with E-state index < -0.39 is 0 Å². The van der Waals surface area contributed by atoms with Crippen LogP contribution in [0.3, 0.4) is 0 Å². The number of hydrogen-bond donors (Lipinski definition) is 0. The van der Waals surface area contributed by atoms with Crippen LogP contribution in [0, 0.1) is 6.92 Å². The molecule has 2 heterocycles. The Labute approximate surface area is 84.8 Å². The largest absolute Gasteiger partial charge is 0.337 e. The van der Waals surface area contributed by atoms with E-state index in [0.29, 0.717) is 6.54 Å². The monoisotopic (exact) mass is 192 g/mol. The summed E-state index contributed by atoms with van der Waals surface area (Å²) in [7, 11) is 1.81. The summed E-state index contributed by atoms with van der Waals surface area (Å²) < 4.78 is 0. The molecule has 0 saturated heterocycles. The van der Waals surface area contributed by atoms with E-state index in [4.69, 9.17) is 0 Å². The number of rotatable bonds is 0. The molecule has 3 nitrogen and oxygen atoms in total. The lowest BCUT2D eigenvalue weighted by Gasteiger charge is -2.04. The van der Waals surface area contributed by atoms with E-state index in [0.717, 1.165) is 16.7 Å². The molecule has 0 unspecified atom stereocenters. The van der Waals surface area contributed by atoms with Crippen molar-refractivity contribution in [3.8, 4) is 0 Å². The average Bonchev–Trinajstić information content (AvgIpc) is 2.47. The van der Waals surface area contributed by atoms with Crippen molar-refractivity contribution in [3.05, 3.63) is 29.1 Å². The number of carbonyl (C=O) groups excluding carboxylic acids is 1. The number of amides is 1. The molecule has 0 fully saturated rings. The Kier molecular flexibility index (Phi) is 3.23. The van der Waals surface area contributed by atoms with E-state index >= 15 is 0 Å². The quantitative estimate of drug-likeness (QED) is 0.630. The highest BCUT2D eigenvalue weighted by molar-refractivity contribution is 5.99. The molecular formula is C11H16N2O. The second-order valence-corrected chi connectivity index (χ2v) is 3.15. The molecule has 1 amide bonds. The Morgan fingerprint density at radius 2 is 2.00 bits per heavy atom. The average molecular weight is 192 g/mol. The molecule has 2 rings (SSSR count). The number of aromatic nitrogens is 1. The molecule has 14 heavy (non-hydrogen) atoms. The third kappa shape index (κ3) is 1.62. The van der Waals surface area contributed by atoms with Crippen molar-refractivity contribution in [2.45, 2.75) is 27.3 Å². The molecule has 1 aromatic heterocycles. The van der Waals surface area contributed by atoms with Crippen LogP contribution < -0.4 is 0 Å². The number of carbonyl (C=O) groups is 1. The fourth-order valence-corrected chi connectivity index (χ4v) is 1.57. The minimum Gasteiger partial charge on any atom is -0.337 e. The van der Waals surface area contributed by atoms with Crippen molar-refractivity contribution in [2.24, 2.45) is 0 Å². The van der Waals surface area contributed by atoms with Gasteiger partial charge >= 0.3 is 0 Å². The highest BCUT2D eigenvalue weighted by atomic mass is 16.2. The Morgan fingerprint density at radius 1 is 1.36 bits per heavy atom. The molecular weight excluding hydrogens is 176 g/mol. The number of fused-ring (bicyclic) bond motifs is 1. The van der Waals surface area contributed by atoms with Gasteiger partial charge in [0.2, 0.25) is 0 Å². The first-order valence-corrected chi connectivity index (χ1v) is 4.89.